The van der Waals surface area contributed by atoms with Gasteiger partial charge in [-0.15, -0.1) is 0 Å². The molecule has 4 nitrogen and oxygen atoms in total. The molecular formula is C16H20ClNO3. The lowest BCUT2D eigenvalue weighted by atomic mass is 9.74. The van der Waals surface area contributed by atoms with Crippen LogP contribution in [0.5, 0.6) is 0 Å². The number of carbonyl (C=O) groups is 2. The first-order valence-corrected chi connectivity index (χ1v) is 7.60. The van der Waals surface area contributed by atoms with Crippen LogP contribution in [-0.4, -0.2) is 30.4 Å². The number of ketones is 1. The van der Waals surface area contributed by atoms with E-state index in [-0.39, 0.29) is 12.4 Å². The van der Waals surface area contributed by atoms with Crippen LogP contribution < -0.4 is 0 Å². The molecule has 1 atom stereocenters. The van der Waals surface area contributed by atoms with E-state index in [2.05, 4.69) is 0 Å². The van der Waals surface area contributed by atoms with Crippen molar-refractivity contribution in [2.75, 3.05) is 13.7 Å². The molecule has 1 aromatic rings. The summed E-state index contributed by atoms with van der Waals surface area (Å²) in [5, 5.41) is 0.504. The maximum absolute atomic E-state index is 12.7. The largest absolute Gasteiger partial charge is 0.450 e. The fourth-order valence-electron chi connectivity index (χ4n) is 3.01. The molecule has 1 aliphatic rings. The number of rotatable bonds is 3. The molecule has 0 bridgehead atoms. The maximum Gasteiger partial charge on any atom is 0.410 e. The summed E-state index contributed by atoms with van der Waals surface area (Å²) < 4.78 is 5.08. The van der Waals surface area contributed by atoms with Crippen LogP contribution >= 0.6 is 11.6 Å². The zero-order valence-electron chi connectivity index (χ0n) is 12.4. The summed E-state index contributed by atoms with van der Waals surface area (Å²) in [6.45, 7) is 2.02. The first-order chi connectivity index (χ1) is 10.0. The van der Waals surface area contributed by atoms with Crippen molar-refractivity contribution in [2.45, 2.75) is 38.1 Å². The molecule has 1 aromatic carbocycles. The van der Waals surface area contributed by atoms with Gasteiger partial charge >= 0.3 is 6.09 Å². The first-order valence-electron chi connectivity index (χ1n) is 7.23. The molecule has 0 saturated heterocycles. The van der Waals surface area contributed by atoms with E-state index < -0.39 is 11.6 Å². The number of amides is 1. The van der Waals surface area contributed by atoms with Crippen molar-refractivity contribution in [3.8, 4) is 0 Å². The van der Waals surface area contributed by atoms with Crippen molar-refractivity contribution in [1.29, 1.82) is 0 Å². The average molecular weight is 310 g/mol. The maximum atomic E-state index is 12.7. The lowest BCUT2D eigenvalue weighted by Gasteiger charge is -2.43. The number of benzene rings is 1. The highest BCUT2D eigenvalue weighted by atomic mass is 35.5. The van der Waals surface area contributed by atoms with Gasteiger partial charge < -0.3 is 4.74 Å². The Morgan fingerprint density at radius 2 is 2.10 bits per heavy atom. The molecule has 1 amide bonds. The van der Waals surface area contributed by atoms with Crippen molar-refractivity contribution >= 4 is 23.5 Å². The molecule has 0 N–H and O–H groups in total. The molecule has 1 fully saturated rings. The molecular weight excluding hydrogens is 290 g/mol. The number of hydrogen-bond donors (Lipinski definition) is 0. The topological polar surface area (TPSA) is 46.6 Å². The number of Topliss-reactive ketones (excluding diaryl/α,β-unsaturated/α-hetero) is 1. The van der Waals surface area contributed by atoms with Crippen LogP contribution in [0.1, 0.15) is 38.2 Å². The summed E-state index contributed by atoms with van der Waals surface area (Å²) in [4.78, 5) is 26.3. The molecule has 0 unspecified atom stereocenters. The highest BCUT2D eigenvalue weighted by Crippen LogP contribution is 2.42. The predicted molar refractivity (Wildman–Crippen MR) is 81.4 cm³/mol. The van der Waals surface area contributed by atoms with E-state index in [1.54, 1.807) is 20.0 Å². The zero-order valence-corrected chi connectivity index (χ0v) is 13.2. The van der Waals surface area contributed by atoms with Crippen molar-refractivity contribution in [1.82, 2.24) is 4.90 Å². The summed E-state index contributed by atoms with van der Waals surface area (Å²) >= 11 is 6.31. The van der Waals surface area contributed by atoms with Gasteiger partial charge in [-0.2, -0.15) is 0 Å². The monoisotopic (exact) mass is 309 g/mol. The Morgan fingerprint density at radius 1 is 1.38 bits per heavy atom. The fourth-order valence-corrected chi connectivity index (χ4v) is 3.30. The lowest BCUT2D eigenvalue weighted by molar-refractivity contribution is -0.133. The van der Waals surface area contributed by atoms with Gasteiger partial charge in [0.2, 0.25) is 0 Å². The van der Waals surface area contributed by atoms with Gasteiger partial charge in [-0.3, -0.25) is 9.69 Å². The Labute approximate surface area is 130 Å². The molecule has 0 spiro atoms. The van der Waals surface area contributed by atoms with Crippen LogP contribution in [0.2, 0.25) is 5.02 Å². The number of ether oxygens (including phenoxy) is 1. The van der Waals surface area contributed by atoms with Crippen LogP contribution in [0.25, 0.3) is 0 Å². The number of hydrogen-bond acceptors (Lipinski definition) is 3. The van der Waals surface area contributed by atoms with E-state index in [1.165, 1.54) is 4.90 Å². The second kappa shape index (κ2) is 6.48. The Hall–Kier alpha value is -1.55. The average Bonchev–Trinajstić information content (AvgIpc) is 2.48. The summed E-state index contributed by atoms with van der Waals surface area (Å²) in [5.41, 5.74) is -0.324. The van der Waals surface area contributed by atoms with Gasteiger partial charge in [-0.05, 0) is 32.3 Å². The van der Waals surface area contributed by atoms with E-state index >= 15 is 0 Å². The van der Waals surface area contributed by atoms with E-state index in [0.717, 1.165) is 12.8 Å². The van der Waals surface area contributed by atoms with Crippen LogP contribution in [-0.2, 0) is 15.1 Å². The third kappa shape index (κ3) is 2.77. The van der Waals surface area contributed by atoms with E-state index in [4.69, 9.17) is 16.3 Å². The SMILES string of the molecule is CCOC(=O)N(C)[C@@]1(c2ccccc2Cl)CCCCC1=O. The van der Waals surface area contributed by atoms with Gasteiger partial charge in [0.1, 0.15) is 5.54 Å². The fraction of sp³-hybridized carbons (Fsp3) is 0.500. The Morgan fingerprint density at radius 3 is 2.71 bits per heavy atom. The normalized spacial score (nSPS) is 22.0. The van der Waals surface area contributed by atoms with Gasteiger partial charge in [-0.1, -0.05) is 29.8 Å². The molecule has 5 heteroatoms. The molecule has 0 aromatic heterocycles. The van der Waals surface area contributed by atoms with E-state index in [1.807, 2.05) is 18.2 Å². The van der Waals surface area contributed by atoms with Crippen molar-refractivity contribution in [3.63, 3.8) is 0 Å². The molecule has 1 saturated carbocycles. The van der Waals surface area contributed by atoms with Gasteiger partial charge in [-0.25, -0.2) is 4.79 Å². The summed E-state index contributed by atoms with van der Waals surface area (Å²) in [6, 6.07) is 7.22. The van der Waals surface area contributed by atoms with Gasteiger partial charge in [0, 0.05) is 24.1 Å². The van der Waals surface area contributed by atoms with Gasteiger partial charge in [0.05, 0.1) is 6.61 Å². The van der Waals surface area contributed by atoms with Crippen molar-refractivity contribution < 1.29 is 14.3 Å². The minimum absolute atomic E-state index is 0.0254. The van der Waals surface area contributed by atoms with Crippen LogP contribution in [0.15, 0.2) is 24.3 Å². The quantitative estimate of drug-likeness (QED) is 0.854. The van der Waals surface area contributed by atoms with Gasteiger partial charge in [0.15, 0.2) is 5.78 Å². The van der Waals surface area contributed by atoms with Crippen molar-refractivity contribution in [3.05, 3.63) is 34.9 Å². The number of halogens is 1. The Kier molecular flexibility index (Phi) is 4.88. The minimum Gasteiger partial charge on any atom is -0.450 e. The molecule has 114 valence electrons. The zero-order chi connectivity index (χ0) is 15.5. The number of carbonyl (C=O) groups excluding carboxylic acids is 2. The molecule has 21 heavy (non-hydrogen) atoms. The lowest BCUT2D eigenvalue weighted by Crippen LogP contribution is -2.54. The number of likely N-dealkylation sites (N-methyl/N-ethyl adjacent to an activating group) is 1. The smallest absolute Gasteiger partial charge is 0.410 e. The molecule has 0 aliphatic heterocycles. The minimum atomic E-state index is -1.01. The van der Waals surface area contributed by atoms with Crippen molar-refractivity contribution in [2.24, 2.45) is 0 Å². The van der Waals surface area contributed by atoms with Crippen LogP contribution in [0, 0.1) is 0 Å². The molecule has 2 rings (SSSR count). The standard InChI is InChI=1S/C16H20ClNO3/c1-3-21-15(20)18(2)16(11-7-6-10-14(16)19)12-8-4-5-9-13(12)17/h4-5,8-9H,3,6-7,10-11H2,1-2H3/t16-/m1/s1. The summed E-state index contributed by atoms with van der Waals surface area (Å²) in [5.74, 6) is 0.0254. The first kappa shape index (κ1) is 15.8. The Bertz CT molecular complexity index is 546. The summed E-state index contributed by atoms with van der Waals surface area (Å²) in [7, 11) is 1.62. The van der Waals surface area contributed by atoms with E-state index in [0.29, 0.717) is 23.4 Å². The predicted octanol–water partition coefficient (Wildman–Crippen LogP) is 3.77. The Balaban J connectivity index is 2.52. The van der Waals surface area contributed by atoms with Gasteiger partial charge in [0.25, 0.3) is 0 Å². The van der Waals surface area contributed by atoms with Crippen LogP contribution in [0.4, 0.5) is 4.79 Å². The highest BCUT2D eigenvalue weighted by Gasteiger charge is 2.48. The second-order valence-electron chi connectivity index (χ2n) is 5.23. The van der Waals surface area contributed by atoms with Crippen LogP contribution in [0.3, 0.4) is 0 Å². The highest BCUT2D eigenvalue weighted by molar-refractivity contribution is 6.31. The van der Waals surface area contributed by atoms with E-state index in [9.17, 15) is 9.59 Å². The molecule has 0 heterocycles. The third-order valence-corrected chi connectivity index (χ3v) is 4.42. The second-order valence-corrected chi connectivity index (χ2v) is 5.64. The molecule has 0 radical (unpaired) electrons. The molecule has 1 aliphatic carbocycles. The third-order valence-electron chi connectivity index (χ3n) is 4.09. The number of nitrogens with zero attached hydrogens (tertiary/aromatic N) is 1. The summed E-state index contributed by atoms with van der Waals surface area (Å²) in [6.07, 6.45) is 2.26.